The molecule has 0 saturated carbocycles. The fourth-order valence-corrected chi connectivity index (χ4v) is 8.54. The van der Waals surface area contributed by atoms with Gasteiger partial charge in [0.1, 0.15) is 42.3 Å². The first-order chi connectivity index (χ1) is 29.6. The summed E-state index contributed by atoms with van der Waals surface area (Å²) < 4.78 is 0. The lowest BCUT2D eigenvalue weighted by atomic mass is 9.97. The van der Waals surface area contributed by atoms with Crippen LogP contribution < -0.4 is 31.9 Å². The van der Waals surface area contributed by atoms with Crippen LogP contribution in [0.25, 0.3) is 0 Å². The number of rotatable bonds is 19. The first-order valence-electron chi connectivity index (χ1n) is 21.6. The van der Waals surface area contributed by atoms with Gasteiger partial charge in [0, 0.05) is 37.9 Å². The molecule has 9 N–H and O–H groups in total. The van der Waals surface area contributed by atoms with E-state index in [9.17, 15) is 53.4 Å². The number of likely N-dealkylation sites (tertiary alicyclic amines) is 3. The molecule has 4 aliphatic rings. The van der Waals surface area contributed by atoms with Gasteiger partial charge in [-0.3, -0.25) is 38.4 Å². The number of aliphatic carboxylic acids is 1. The number of H-pyrrole nitrogens is 1. The fourth-order valence-electron chi connectivity index (χ4n) is 8.54. The van der Waals surface area contributed by atoms with Gasteiger partial charge in [-0.25, -0.2) is 9.78 Å². The van der Waals surface area contributed by atoms with Crippen LogP contribution in [0.3, 0.4) is 0 Å². The summed E-state index contributed by atoms with van der Waals surface area (Å²) in [6, 6.07) is -8.03. The average molecular weight is 872 g/mol. The summed E-state index contributed by atoms with van der Waals surface area (Å²) in [4.78, 5) is 130. The molecular formula is C40H61N11O11. The number of amides is 8. The van der Waals surface area contributed by atoms with Crippen molar-refractivity contribution >= 4 is 53.2 Å². The van der Waals surface area contributed by atoms with Crippen molar-refractivity contribution < 1.29 is 53.4 Å². The maximum Gasteiger partial charge on any atom is 0.326 e. The Balaban J connectivity index is 1.12. The zero-order valence-corrected chi connectivity index (χ0v) is 35.5. The topological polar surface area (TPSA) is 305 Å². The molecule has 8 amide bonds. The van der Waals surface area contributed by atoms with Gasteiger partial charge in [-0.2, -0.15) is 0 Å². The number of carbonyl (C=O) groups is 9. The Hall–Kier alpha value is -5.64. The van der Waals surface area contributed by atoms with Crippen LogP contribution in [0.5, 0.6) is 0 Å². The third kappa shape index (κ3) is 11.6. The summed E-state index contributed by atoms with van der Waals surface area (Å²) in [6.07, 6.45) is 7.32. The normalized spacial score (nSPS) is 23.5. The van der Waals surface area contributed by atoms with E-state index in [0.29, 0.717) is 63.7 Å². The molecule has 0 bridgehead atoms. The van der Waals surface area contributed by atoms with Crippen molar-refractivity contribution in [1.29, 1.82) is 0 Å². The third-order valence-corrected chi connectivity index (χ3v) is 12.3. The van der Waals surface area contributed by atoms with E-state index in [1.165, 1.54) is 34.1 Å². The molecule has 0 aromatic carbocycles. The molecule has 342 valence electrons. The zero-order valence-electron chi connectivity index (χ0n) is 35.5. The van der Waals surface area contributed by atoms with E-state index >= 15 is 0 Å². The quantitative estimate of drug-likeness (QED) is 0.0666. The molecule has 4 fully saturated rings. The highest BCUT2D eigenvalue weighted by Crippen LogP contribution is 2.23. The van der Waals surface area contributed by atoms with Crippen molar-refractivity contribution in [2.75, 3.05) is 39.3 Å². The van der Waals surface area contributed by atoms with Gasteiger partial charge >= 0.3 is 5.97 Å². The minimum atomic E-state index is -1.41. The lowest BCUT2D eigenvalue weighted by molar-refractivity contribution is -0.144. The van der Waals surface area contributed by atoms with Crippen molar-refractivity contribution in [3.8, 4) is 0 Å². The van der Waals surface area contributed by atoms with Crippen molar-refractivity contribution in [2.45, 2.75) is 133 Å². The number of aromatic nitrogens is 2. The Bertz CT molecular complexity index is 1810. The molecule has 5 heterocycles. The second kappa shape index (κ2) is 21.9. The Morgan fingerprint density at radius 3 is 1.95 bits per heavy atom. The van der Waals surface area contributed by atoms with Crippen LogP contribution in [-0.4, -0.2) is 176 Å². The first-order valence-corrected chi connectivity index (χ1v) is 21.6. The Morgan fingerprint density at radius 2 is 1.37 bits per heavy atom. The van der Waals surface area contributed by atoms with E-state index in [0.717, 1.165) is 6.42 Å². The van der Waals surface area contributed by atoms with E-state index in [1.807, 2.05) is 6.92 Å². The standard InChI is InChI=1S/C40H61N11O11/c1-4-22(2)32(37(58)43-19-31(53)49-14-6-10-28(49)34(55)46-26(40(61)62)17-24-18-41-21-44-24)48-36(57)30-12-7-15-50(30)38(59)23(3)45-33(54)27(20-52)47-35(56)29-11-8-16-51(29)39(60)25-9-5-13-42-25/h18,21-23,25-30,32,42,52H,4-17,19-20H2,1-3H3,(H,41,44)(H,43,58)(H,45,54)(H,46,55)(H,47,56)(H,48,57)(H,61,62)/t22-,23-,25-,26-,27-,28-,29-,30-,32-/m0/s1. The molecule has 0 unspecified atom stereocenters. The van der Waals surface area contributed by atoms with Gasteiger partial charge in [-0.05, 0) is 70.8 Å². The number of hydrogen-bond donors (Lipinski definition) is 9. The molecule has 22 heteroatoms. The van der Waals surface area contributed by atoms with Gasteiger partial charge < -0.3 is 61.8 Å². The van der Waals surface area contributed by atoms with Gasteiger partial charge in [-0.15, -0.1) is 0 Å². The highest BCUT2D eigenvalue weighted by molar-refractivity contribution is 5.98. The SMILES string of the molecule is CC[C@H](C)[C@H](NC(=O)[C@@H]1CCCN1C(=O)[C@H](C)NC(=O)[C@H](CO)NC(=O)[C@@H]1CCCN1C(=O)[C@@H]1CCCN1)C(=O)NCC(=O)N1CCC[C@H]1C(=O)N[C@@H](Cc1cnc[nH]1)C(=O)O. The predicted octanol–water partition coefficient (Wildman–Crippen LogP) is -3.12. The summed E-state index contributed by atoms with van der Waals surface area (Å²) in [7, 11) is 0. The number of imidazole rings is 1. The molecule has 0 aliphatic carbocycles. The molecular weight excluding hydrogens is 811 g/mol. The Labute approximate surface area is 359 Å². The molecule has 1 aromatic heterocycles. The summed E-state index contributed by atoms with van der Waals surface area (Å²) >= 11 is 0. The van der Waals surface area contributed by atoms with E-state index in [-0.39, 0.29) is 37.9 Å². The van der Waals surface area contributed by atoms with E-state index in [4.69, 9.17) is 0 Å². The maximum absolute atomic E-state index is 13.7. The first kappa shape index (κ1) is 47.4. The van der Waals surface area contributed by atoms with Gasteiger partial charge in [0.15, 0.2) is 0 Å². The van der Waals surface area contributed by atoms with E-state index in [2.05, 4.69) is 41.9 Å². The number of carboxylic acids is 1. The van der Waals surface area contributed by atoms with Crippen LogP contribution >= 0.6 is 0 Å². The summed E-state index contributed by atoms with van der Waals surface area (Å²) in [6.45, 7) is 5.25. The number of aromatic amines is 1. The van der Waals surface area contributed by atoms with Crippen molar-refractivity contribution in [2.24, 2.45) is 5.92 Å². The van der Waals surface area contributed by atoms with E-state index in [1.54, 1.807) is 6.92 Å². The fraction of sp³-hybridized carbons (Fsp3) is 0.700. The average Bonchev–Trinajstić information content (AvgIpc) is 4.12. The predicted molar refractivity (Wildman–Crippen MR) is 218 cm³/mol. The minimum absolute atomic E-state index is 0.0430. The molecule has 5 rings (SSSR count). The van der Waals surface area contributed by atoms with Crippen molar-refractivity contribution in [1.82, 2.24) is 56.6 Å². The highest BCUT2D eigenvalue weighted by Gasteiger charge is 2.42. The molecule has 1 aromatic rings. The number of nitrogens with one attached hydrogen (secondary N) is 7. The molecule has 9 atom stereocenters. The van der Waals surface area contributed by atoms with Crippen LogP contribution in [-0.2, 0) is 49.6 Å². The maximum atomic E-state index is 13.7. The summed E-state index contributed by atoms with van der Waals surface area (Å²) in [5.74, 6) is -6.29. The van der Waals surface area contributed by atoms with Gasteiger partial charge in [0.05, 0.1) is 25.5 Å². The number of aliphatic hydroxyl groups is 1. The summed E-state index contributed by atoms with van der Waals surface area (Å²) in [5, 5.41) is 35.7. The van der Waals surface area contributed by atoms with Gasteiger partial charge in [0.2, 0.25) is 47.3 Å². The lowest BCUT2D eigenvalue weighted by Crippen LogP contribution is -2.59. The van der Waals surface area contributed by atoms with Gasteiger partial charge in [0.25, 0.3) is 0 Å². The van der Waals surface area contributed by atoms with Gasteiger partial charge in [-0.1, -0.05) is 20.3 Å². The smallest absolute Gasteiger partial charge is 0.326 e. The summed E-state index contributed by atoms with van der Waals surface area (Å²) in [5.41, 5.74) is 0.503. The molecule has 4 aliphatic heterocycles. The van der Waals surface area contributed by atoms with Crippen LogP contribution in [0.2, 0.25) is 0 Å². The van der Waals surface area contributed by atoms with Crippen LogP contribution in [0.4, 0.5) is 0 Å². The molecule has 4 saturated heterocycles. The molecule has 0 radical (unpaired) electrons. The Morgan fingerprint density at radius 1 is 0.774 bits per heavy atom. The zero-order chi connectivity index (χ0) is 45.1. The van der Waals surface area contributed by atoms with E-state index < -0.39 is 109 Å². The number of hydrogen-bond acceptors (Lipinski definition) is 12. The minimum Gasteiger partial charge on any atom is -0.480 e. The Kier molecular flexibility index (Phi) is 16.8. The molecule has 62 heavy (non-hydrogen) atoms. The second-order valence-corrected chi connectivity index (χ2v) is 16.5. The number of nitrogens with zero attached hydrogens (tertiary/aromatic N) is 4. The molecule has 22 nitrogen and oxygen atoms in total. The van der Waals surface area contributed by atoms with Crippen LogP contribution in [0.15, 0.2) is 12.5 Å². The highest BCUT2D eigenvalue weighted by atomic mass is 16.4. The molecule has 0 spiro atoms. The van der Waals surface area contributed by atoms with Crippen molar-refractivity contribution in [3.05, 3.63) is 18.2 Å². The number of carbonyl (C=O) groups excluding carboxylic acids is 8. The third-order valence-electron chi connectivity index (χ3n) is 12.3. The second-order valence-electron chi connectivity index (χ2n) is 16.5. The monoisotopic (exact) mass is 871 g/mol. The largest absolute Gasteiger partial charge is 0.480 e. The van der Waals surface area contributed by atoms with Crippen LogP contribution in [0.1, 0.15) is 84.3 Å². The number of carboxylic acid groups (broad SMARTS) is 1. The van der Waals surface area contributed by atoms with Crippen molar-refractivity contribution in [3.63, 3.8) is 0 Å². The lowest BCUT2D eigenvalue weighted by Gasteiger charge is -2.31. The number of aliphatic hydroxyl groups excluding tert-OH is 1. The van der Waals surface area contributed by atoms with Crippen LogP contribution in [0, 0.1) is 5.92 Å².